The molecule has 3 rings (SSSR count). The number of nitrogens with zero attached hydrogens (tertiary/aromatic N) is 3. The molecule has 0 bridgehead atoms. The monoisotopic (exact) mass is 352 g/mol. The van der Waals surface area contributed by atoms with Gasteiger partial charge in [0.15, 0.2) is 12.3 Å². The largest absolute Gasteiger partial charge is 0.497 e. The van der Waals surface area contributed by atoms with Gasteiger partial charge in [-0.2, -0.15) is 0 Å². The molecule has 0 unspecified atom stereocenters. The van der Waals surface area contributed by atoms with Gasteiger partial charge < -0.3 is 19.7 Å². The highest BCUT2D eigenvalue weighted by atomic mass is 16.6. The molecule has 2 aromatic carbocycles. The zero-order valence-electron chi connectivity index (χ0n) is 13.9. The SMILES string of the molecule is COc1ccc(/C=N\OCC(=O)N=Nc2c(O)[nH]c3ccccc23)cc1. The molecule has 132 valence electrons. The van der Waals surface area contributed by atoms with E-state index in [-0.39, 0.29) is 18.2 Å². The number of H-pyrrole nitrogens is 1. The summed E-state index contributed by atoms with van der Waals surface area (Å²) < 4.78 is 5.06. The van der Waals surface area contributed by atoms with Crippen molar-refractivity contribution in [3.05, 3.63) is 54.1 Å². The first kappa shape index (κ1) is 17.2. The molecule has 1 amide bonds. The first-order valence-corrected chi connectivity index (χ1v) is 7.71. The maximum absolute atomic E-state index is 11.7. The molecule has 0 fully saturated rings. The number of carbonyl (C=O) groups excluding carboxylic acids is 1. The Balaban J connectivity index is 1.55. The van der Waals surface area contributed by atoms with Crippen molar-refractivity contribution in [1.82, 2.24) is 4.98 Å². The summed E-state index contributed by atoms with van der Waals surface area (Å²) in [6.07, 6.45) is 1.47. The van der Waals surface area contributed by atoms with E-state index >= 15 is 0 Å². The van der Waals surface area contributed by atoms with Gasteiger partial charge in [0.1, 0.15) is 5.75 Å². The first-order valence-electron chi connectivity index (χ1n) is 7.71. The number of hydrogen-bond acceptors (Lipinski definition) is 6. The number of azo groups is 1. The van der Waals surface area contributed by atoms with Crippen molar-refractivity contribution in [2.24, 2.45) is 15.4 Å². The van der Waals surface area contributed by atoms with Crippen molar-refractivity contribution in [3.63, 3.8) is 0 Å². The number of aromatic amines is 1. The lowest BCUT2D eigenvalue weighted by molar-refractivity contribution is -0.122. The third-order valence-corrected chi connectivity index (χ3v) is 3.50. The van der Waals surface area contributed by atoms with Crippen molar-refractivity contribution >= 4 is 28.7 Å². The quantitative estimate of drug-likeness (QED) is 0.402. The molecule has 8 heteroatoms. The average molecular weight is 352 g/mol. The maximum atomic E-state index is 11.7. The minimum atomic E-state index is -0.624. The van der Waals surface area contributed by atoms with E-state index in [0.717, 1.165) is 11.3 Å². The van der Waals surface area contributed by atoms with E-state index in [1.54, 1.807) is 49.6 Å². The molecular weight excluding hydrogens is 336 g/mol. The summed E-state index contributed by atoms with van der Waals surface area (Å²) in [6.45, 7) is -0.362. The van der Waals surface area contributed by atoms with Crippen LogP contribution in [0.25, 0.3) is 10.9 Å². The highest BCUT2D eigenvalue weighted by Crippen LogP contribution is 2.35. The summed E-state index contributed by atoms with van der Waals surface area (Å²) in [5.74, 6) is -0.0399. The van der Waals surface area contributed by atoms with Gasteiger partial charge in [0.05, 0.1) is 18.8 Å². The molecule has 0 saturated carbocycles. The van der Waals surface area contributed by atoms with Crippen LogP contribution >= 0.6 is 0 Å². The lowest BCUT2D eigenvalue weighted by atomic mass is 10.2. The Morgan fingerprint density at radius 3 is 2.73 bits per heavy atom. The highest BCUT2D eigenvalue weighted by Gasteiger charge is 2.10. The van der Waals surface area contributed by atoms with Crippen LogP contribution in [0.1, 0.15) is 5.56 Å². The summed E-state index contributed by atoms with van der Waals surface area (Å²) in [5.41, 5.74) is 1.70. The Morgan fingerprint density at radius 2 is 1.96 bits per heavy atom. The molecule has 1 heterocycles. The van der Waals surface area contributed by atoms with Crippen LogP contribution in [0.2, 0.25) is 0 Å². The number of methoxy groups -OCH3 is 1. The molecule has 0 saturated heterocycles. The number of fused-ring (bicyclic) bond motifs is 1. The minimum Gasteiger partial charge on any atom is -0.497 e. The first-order chi connectivity index (χ1) is 12.7. The summed E-state index contributed by atoms with van der Waals surface area (Å²) in [7, 11) is 1.59. The van der Waals surface area contributed by atoms with Crippen molar-refractivity contribution in [3.8, 4) is 11.6 Å². The van der Waals surface area contributed by atoms with Crippen LogP contribution in [0, 0.1) is 0 Å². The van der Waals surface area contributed by atoms with E-state index < -0.39 is 5.91 Å². The van der Waals surface area contributed by atoms with E-state index in [4.69, 9.17) is 9.57 Å². The van der Waals surface area contributed by atoms with Gasteiger partial charge in [0.25, 0.3) is 0 Å². The average Bonchev–Trinajstić information content (AvgIpc) is 2.99. The van der Waals surface area contributed by atoms with Crippen molar-refractivity contribution < 1.29 is 19.5 Å². The molecule has 0 atom stereocenters. The fourth-order valence-corrected chi connectivity index (χ4v) is 2.23. The van der Waals surface area contributed by atoms with Crippen LogP contribution in [-0.2, 0) is 9.63 Å². The molecular formula is C18H16N4O4. The third-order valence-electron chi connectivity index (χ3n) is 3.50. The number of rotatable bonds is 6. The van der Waals surface area contributed by atoms with Crippen LogP contribution < -0.4 is 4.74 Å². The molecule has 0 radical (unpaired) electrons. The molecule has 8 nitrogen and oxygen atoms in total. The van der Waals surface area contributed by atoms with Crippen LogP contribution in [0.5, 0.6) is 11.6 Å². The number of ether oxygens (including phenoxy) is 1. The molecule has 0 aliphatic rings. The number of para-hydroxylation sites is 1. The fourth-order valence-electron chi connectivity index (χ4n) is 2.23. The number of aromatic nitrogens is 1. The van der Waals surface area contributed by atoms with Gasteiger partial charge in [-0.1, -0.05) is 23.4 Å². The topological polar surface area (TPSA) is 109 Å². The number of oxime groups is 1. The van der Waals surface area contributed by atoms with Gasteiger partial charge in [-0.3, -0.25) is 4.79 Å². The van der Waals surface area contributed by atoms with Gasteiger partial charge >= 0.3 is 5.91 Å². The Labute approximate surface area is 148 Å². The van der Waals surface area contributed by atoms with Crippen molar-refractivity contribution in [2.45, 2.75) is 0 Å². The number of benzene rings is 2. The van der Waals surface area contributed by atoms with E-state index in [9.17, 15) is 9.90 Å². The Morgan fingerprint density at radius 1 is 1.19 bits per heavy atom. The zero-order chi connectivity index (χ0) is 18.4. The Kier molecular flexibility index (Phi) is 5.23. The second-order valence-electron chi connectivity index (χ2n) is 5.24. The third kappa shape index (κ3) is 4.04. The van der Waals surface area contributed by atoms with E-state index in [0.29, 0.717) is 10.9 Å². The smallest absolute Gasteiger partial charge is 0.304 e. The van der Waals surface area contributed by atoms with E-state index in [2.05, 4.69) is 20.4 Å². The second kappa shape index (κ2) is 7.93. The standard InChI is InChI=1S/C18H16N4O4/c1-25-13-8-6-12(7-9-13)10-19-26-11-16(23)21-22-17-14-4-2-3-5-15(14)20-18(17)24/h2-10,20,24H,11H2,1H3/b19-10-,22-21?. The second-order valence-corrected chi connectivity index (χ2v) is 5.24. The van der Waals surface area contributed by atoms with Gasteiger partial charge in [0.2, 0.25) is 5.88 Å². The fraction of sp³-hybridized carbons (Fsp3) is 0.111. The van der Waals surface area contributed by atoms with Gasteiger partial charge in [-0.15, -0.1) is 10.2 Å². The zero-order valence-corrected chi connectivity index (χ0v) is 13.9. The number of carbonyl (C=O) groups is 1. The summed E-state index contributed by atoms with van der Waals surface area (Å²) >= 11 is 0. The lowest BCUT2D eigenvalue weighted by Gasteiger charge is -1.98. The van der Waals surface area contributed by atoms with Crippen molar-refractivity contribution in [2.75, 3.05) is 13.7 Å². The van der Waals surface area contributed by atoms with E-state index in [1.807, 2.05) is 6.07 Å². The molecule has 0 aliphatic carbocycles. The van der Waals surface area contributed by atoms with Crippen LogP contribution in [0.4, 0.5) is 5.69 Å². The summed E-state index contributed by atoms with van der Waals surface area (Å²) in [4.78, 5) is 19.4. The summed E-state index contributed by atoms with van der Waals surface area (Å²) in [6, 6.07) is 14.3. The molecule has 0 spiro atoms. The Hall–Kier alpha value is -3.68. The number of hydrogen-bond donors (Lipinski definition) is 2. The van der Waals surface area contributed by atoms with Crippen LogP contribution in [0.15, 0.2) is 63.9 Å². The normalized spacial score (nSPS) is 11.4. The summed E-state index contributed by atoms with van der Waals surface area (Å²) in [5, 5.41) is 21.5. The molecule has 2 N–H and O–H groups in total. The highest BCUT2D eigenvalue weighted by molar-refractivity contribution is 5.94. The number of amides is 1. The lowest BCUT2D eigenvalue weighted by Crippen LogP contribution is -2.01. The van der Waals surface area contributed by atoms with Gasteiger partial charge in [-0.25, -0.2) is 0 Å². The predicted octanol–water partition coefficient (Wildman–Crippen LogP) is 3.54. The number of nitrogens with one attached hydrogen (secondary N) is 1. The Bertz CT molecular complexity index is 961. The van der Waals surface area contributed by atoms with Crippen LogP contribution in [-0.4, -0.2) is 35.9 Å². The number of aromatic hydroxyl groups is 1. The van der Waals surface area contributed by atoms with Gasteiger partial charge in [-0.05, 0) is 35.9 Å². The maximum Gasteiger partial charge on any atom is 0.304 e. The molecule has 26 heavy (non-hydrogen) atoms. The predicted molar refractivity (Wildman–Crippen MR) is 96.0 cm³/mol. The molecule has 3 aromatic rings. The van der Waals surface area contributed by atoms with Crippen molar-refractivity contribution in [1.29, 1.82) is 0 Å². The molecule has 0 aliphatic heterocycles. The van der Waals surface area contributed by atoms with Gasteiger partial charge in [0, 0.05) is 5.39 Å². The molecule has 1 aromatic heterocycles. The van der Waals surface area contributed by atoms with E-state index in [1.165, 1.54) is 6.21 Å². The van der Waals surface area contributed by atoms with Crippen LogP contribution in [0.3, 0.4) is 0 Å². The minimum absolute atomic E-state index is 0.152.